The second-order valence-corrected chi connectivity index (χ2v) is 5.72. The molecule has 0 saturated carbocycles. The second kappa shape index (κ2) is 7.85. The summed E-state index contributed by atoms with van der Waals surface area (Å²) in [5.41, 5.74) is 0. The maximum absolute atomic E-state index is 11.8. The van der Waals surface area contributed by atoms with Crippen LogP contribution < -0.4 is 0 Å². The van der Waals surface area contributed by atoms with Crippen LogP contribution in [0.1, 0.15) is 40.0 Å². The highest BCUT2D eigenvalue weighted by Crippen LogP contribution is 2.13. The van der Waals surface area contributed by atoms with Gasteiger partial charge in [0.2, 0.25) is 0 Å². The number of rotatable bonds is 7. The summed E-state index contributed by atoms with van der Waals surface area (Å²) >= 11 is 0. The van der Waals surface area contributed by atoms with Gasteiger partial charge in [-0.05, 0) is 5.92 Å². The van der Waals surface area contributed by atoms with Crippen LogP contribution in [0.15, 0.2) is 0 Å². The van der Waals surface area contributed by atoms with Gasteiger partial charge in [0, 0.05) is 21.8 Å². The summed E-state index contributed by atoms with van der Waals surface area (Å²) in [6.45, 7) is 6.06. The van der Waals surface area contributed by atoms with Gasteiger partial charge in [0.15, 0.2) is 0 Å². The maximum atomic E-state index is 11.8. The Kier molecular flexibility index (Phi) is 7.65. The molecule has 0 aromatic heterocycles. The monoisotopic (exact) mass is 234 g/mol. The predicted molar refractivity (Wildman–Crippen MR) is 63.2 cm³/mol. The van der Waals surface area contributed by atoms with Gasteiger partial charge in [-0.25, -0.2) is 0 Å². The van der Waals surface area contributed by atoms with Crippen LogP contribution >= 0.6 is 0 Å². The average molecular weight is 234 g/mol. The lowest BCUT2D eigenvalue weighted by Crippen LogP contribution is -2.22. The molecule has 0 aromatic carbocycles. The van der Waals surface area contributed by atoms with Crippen molar-refractivity contribution in [2.75, 3.05) is 12.9 Å². The normalized spacial score (nSPS) is 15.0. The van der Waals surface area contributed by atoms with E-state index in [9.17, 15) is 9.00 Å². The number of methoxy groups -OCH3 is 1. The molecule has 0 N–H and O–H groups in total. The third-order valence-corrected chi connectivity index (χ3v) is 4.55. The first-order valence-electron chi connectivity index (χ1n) is 5.49. The number of ether oxygens (including phenoxy) is 1. The molecule has 2 unspecified atom stereocenters. The minimum Gasteiger partial charge on any atom is -0.469 e. The van der Waals surface area contributed by atoms with Gasteiger partial charge in [-0.15, -0.1) is 0 Å². The summed E-state index contributed by atoms with van der Waals surface area (Å²) in [7, 11) is 0.442. The van der Waals surface area contributed by atoms with Crippen molar-refractivity contribution in [2.45, 2.75) is 45.3 Å². The van der Waals surface area contributed by atoms with Gasteiger partial charge in [0.1, 0.15) is 0 Å². The molecular weight excluding hydrogens is 212 g/mol. The van der Waals surface area contributed by atoms with Crippen molar-refractivity contribution in [1.82, 2.24) is 0 Å². The molecule has 0 bridgehead atoms. The van der Waals surface area contributed by atoms with Crippen LogP contribution in [-0.4, -0.2) is 28.3 Å². The Bertz CT molecular complexity index is 212. The van der Waals surface area contributed by atoms with Crippen LogP contribution in [0.4, 0.5) is 0 Å². The molecule has 0 saturated heterocycles. The predicted octanol–water partition coefficient (Wildman–Crippen LogP) is 2.12. The summed E-state index contributed by atoms with van der Waals surface area (Å²) in [5.74, 6) is 0.928. The van der Waals surface area contributed by atoms with Crippen LogP contribution in [0.25, 0.3) is 0 Å². The molecular formula is C11H22O3S. The van der Waals surface area contributed by atoms with Crippen molar-refractivity contribution in [3.8, 4) is 0 Å². The van der Waals surface area contributed by atoms with Crippen LogP contribution in [0.5, 0.6) is 0 Å². The standard InChI is InChI=1S/C11H22O3S/c1-5-10(6-2)8-15(13)9(3)7-11(12)14-4/h9-10H,5-8H2,1-4H3. The van der Waals surface area contributed by atoms with Gasteiger partial charge < -0.3 is 4.74 Å². The smallest absolute Gasteiger partial charge is 0.306 e. The first-order chi connectivity index (χ1) is 7.04. The lowest BCUT2D eigenvalue weighted by atomic mass is 10.1. The van der Waals surface area contributed by atoms with Gasteiger partial charge in [-0.3, -0.25) is 9.00 Å². The molecule has 2 atom stereocenters. The summed E-state index contributed by atoms with van der Waals surface area (Å²) in [6.07, 6.45) is 2.35. The van der Waals surface area contributed by atoms with E-state index < -0.39 is 10.8 Å². The number of carbonyl (C=O) groups is 1. The van der Waals surface area contributed by atoms with E-state index in [2.05, 4.69) is 18.6 Å². The van der Waals surface area contributed by atoms with Crippen molar-refractivity contribution >= 4 is 16.8 Å². The van der Waals surface area contributed by atoms with E-state index >= 15 is 0 Å². The molecule has 90 valence electrons. The molecule has 0 amide bonds. The van der Waals surface area contributed by atoms with E-state index in [0.717, 1.165) is 12.8 Å². The van der Waals surface area contributed by atoms with E-state index in [-0.39, 0.29) is 17.6 Å². The molecule has 0 spiro atoms. The Morgan fingerprint density at radius 3 is 2.27 bits per heavy atom. The van der Waals surface area contributed by atoms with Gasteiger partial charge in [0.25, 0.3) is 0 Å². The van der Waals surface area contributed by atoms with E-state index in [1.54, 1.807) is 0 Å². The van der Waals surface area contributed by atoms with Crippen LogP contribution in [0.3, 0.4) is 0 Å². The Labute approximate surface area is 95.0 Å². The zero-order valence-electron chi connectivity index (χ0n) is 10.1. The number of esters is 1. The topological polar surface area (TPSA) is 43.4 Å². The van der Waals surface area contributed by atoms with E-state index in [1.165, 1.54) is 7.11 Å². The Morgan fingerprint density at radius 2 is 1.87 bits per heavy atom. The summed E-state index contributed by atoms with van der Waals surface area (Å²) in [4.78, 5) is 11.0. The molecule has 0 aliphatic heterocycles. The second-order valence-electron chi connectivity index (χ2n) is 3.82. The van der Waals surface area contributed by atoms with E-state index in [4.69, 9.17) is 0 Å². The summed E-state index contributed by atoms with van der Waals surface area (Å²) in [5, 5.41) is -0.0990. The SMILES string of the molecule is CCC(CC)CS(=O)C(C)CC(=O)OC. The third-order valence-electron chi connectivity index (χ3n) is 2.69. The molecule has 0 radical (unpaired) electrons. The number of hydrogen-bond acceptors (Lipinski definition) is 3. The molecule has 4 heteroatoms. The Morgan fingerprint density at radius 1 is 1.33 bits per heavy atom. The molecule has 0 fully saturated rings. The zero-order chi connectivity index (χ0) is 11.8. The number of carbonyl (C=O) groups excluding carboxylic acids is 1. The van der Waals surface area contributed by atoms with Crippen molar-refractivity contribution < 1.29 is 13.7 Å². The quantitative estimate of drug-likeness (QED) is 0.634. The van der Waals surface area contributed by atoms with Gasteiger partial charge in [-0.2, -0.15) is 0 Å². The molecule has 15 heavy (non-hydrogen) atoms. The highest BCUT2D eigenvalue weighted by Gasteiger charge is 2.18. The molecule has 0 rings (SSSR count). The average Bonchev–Trinajstić information content (AvgIpc) is 2.24. The van der Waals surface area contributed by atoms with Gasteiger partial charge >= 0.3 is 5.97 Å². The fourth-order valence-corrected chi connectivity index (χ4v) is 2.92. The van der Waals surface area contributed by atoms with E-state index in [1.807, 2.05) is 6.92 Å². The summed E-state index contributed by atoms with van der Waals surface area (Å²) < 4.78 is 16.4. The van der Waals surface area contributed by atoms with Crippen molar-refractivity contribution in [1.29, 1.82) is 0 Å². The minimum atomic E-state index is -0.918. The van der Waals surface area contributed by atoms with Crippen LogP contribution in [-0.2, 0) is 20.3 Å². The van der Waals surface area contributed by atoms with Gasteiger partial charge in [0.05, 0.1) is 13.5 Å². The summed E-state index contributed by atoms with van der Waals surface area (Å²) in [6, 6.07) is 0. The highest BCUT2D eigenvalue weighted by atomic mass is 32.2. The first-order valence-corrected chi connectivity index (χ1v) is 6.87. The molecule has 3 nitrogen and oxygen atoms in total. The molecule has 0 aliphatic rings. The maximum Gasteiger partial charge on any atom is 0.306 e. The lowest BCUT2D eigenvalue weighted by Gasteiger charge is -2.15. The Balaban J connectivity index is 4.03. The van der Waals surface area contributed by atoms with Gasteiger partial charge in [-0.1, -0.05) is 33.6 Å². The Hall–Kier alpha value is -0.380. The number of hydrogen-bond donors (Lipinski definition) is 0. The van der Waals surface area contributed by atoms with E-state index in [0.29, 0.717) is 11.7 Å². The zero-order valence-corrected chi connectivity index (χ0v) is 10.9. The lowest BCUT2D eigenvalue weighted by molar-refractivity contribution is -0.140. The molecule has 0 aliphatic carbocycles. The third kappa shape index (κ3) is 5.92. The van der Waals surface area contributed by atoms with Crippen LogP contribution in [0.2, 0.25) is 0 Å². The molecule has 0 heterocycles. The highest BCUT2D eigenvalue weighted by molar-refractivity contribution is 7.85. The molecule has 0 aromatic rings. The van der Waals surface area contributed by atoms with Crippen molar-refractivity contribution in [3.63, 3.8) is 0 Å². The fraction of sp³-hybridized carbons (Fsp3) is 0.909. The van der Waals surface area contributed by atoms with Crippen molar-refractivity contribution in [2.24, 2.45) is 5.92 Å². The largest absolute Gasteiger partial charge is 0.469 e. The van der Waals surface area contributed by atoms with Crippen LogP contribution in [0, 0.1) is 5.92 Å². The van der Waals surface area contributed by atoms with Crippen molar-refractivity contribution in [3.05, 3.63) is 0 Å². The minimum absolute atomic E-state index is 0.0990. The first kappa shape index (κ1) is 14.6. The fourth-order valence-electron chi connectivity index (χ4n) is 1.33.